The minimum atomic E-state index is 0.216. The maximum Gasteiger partial charge on any atom is 0.223 e. The number of hydrogen-bond donors (Lipinski definition) is 1. The monoisotopic (exact) mass is 268 g/mol. The SMILES string of the molecule is C[C@H](CC(=O)N1[C@H](C)COC[C@H]1C)[C@@H]1CCCNC1. The van der Waals surface area contributed by atoms with Crippen LogP contribution in [0.5, 0.6) is 0 Å². The molecule has 0 unspecified atom stereocenters. The Kier molecular flexibility index (Phi) is 5.22. The standard InChI is InChI=1S/C15H28N2O2/c1-11(14-5-4-6-16-8-14)7-15(18)17-12(2)9-19-10-13(17)3/h11-14,16H,4-10H2,1-3H3/t11-,12-,13-,14-/m1/s1. The highest BCUT2D eigenvalue weighted by Gasteiger charge is 2.31. The number of carbonyl (C=O) groups excluding carboxylic acids is 1. The highest BCUT2D eigenvalue weighted by Crippen LogP contribution is 2.25. The van der Waals surface area contributed by atoms with Crippen molar-refractivity contribution >= 4 is 5.91 Å². The fraction of sp³-hybridized carbons (Fsp3) is 0.933. The van der Waals surface area contributed by atoms with Gasteiger partial charge in [0.15, 0.2) is 0 Å². The zero-order valence-electron chi connectivity index (χ0n) is 12.5. The molecule has 0 aromatic heterocycles. The predicted molar refractivity (Wildman–Crippen MR) is 76.0 cm³/mol. The molecule has 110 valence electrons. The summed E-state index contributed by atoms with van der Waals surface area (Å²) in [4.78, 5) is 14.6. The molecule has 0 aliphatic carbocycles. The van der Waals surface area contributed by atoms with E-state index in [1.165, 1.54) is 12.8 Å². The molecule has 1 amide bonds. The Morgan fingerprint density at radius 2 is 2.05 bits per heavy atom. The summed E-state index contributed by atoms with van der Waals surface area (Å²) in [5.74, 6) is 1.44. The predicted octanol–water partition coefficient (Wildman–Crippen LogP) is 1.65. The fourth-order valence-corrected chi connectivity index (χ4v) is 3.41. The lowest BCUT2D eigenvalue weighted by molar-refractivity contribution is -0.145. The van der Waals surface area contributed by atoms with Crippen LogP contribution >= 0.6 is 0 Å². The van der Waals surface area contributed by atoms with Crippen LogP contribution in [-0.2, 0) is 9.53 Å². The van der Waals surface area contributed by atoms with E-state index >= 15 is 0 Å². The maximum atomic E-state index is 12.5. The summed E-state index contributed by atoms with van der Waals surface area (Å²) in [6.07, 6.45) is 3.18. The van der Waals surface area contributed by atoms with Crippen molar-refractivity contribution in [1.29, 1.82) is 0 Å². The van der Waals surface area contributed by atoms with E-state index in [4.69, 9.17) is 4.74 Å². The lowest BCUT2D eigenvalue weighted by Crippen LogP contribution is -2.53. The molecule has 0 spiro atoms. The van der Waals surface area contributed by atoms with Crippen molar-refractivity contribution in [3.05, 3.63) is 0 Å². The summed E-state index contributed by atoms with van der Waals surface area (Å²) >= 11 is 0. The molecule has 19 heavy (non-hydrogen) atoms. The normalized spacial score (nSPS) is 34.1. The van der Waals surface area contributed by atoms with Crippen LogP contribution in [0.15, 0.2) is 0 Å². The summed E-state index contributed by atoms with van der Waals surface area (Å²) in [6.45, 7) is 9.95. The highest BCUT2D eigenvalue weighted by atomic mass is 16.5. The maximum absolute atomic E-state index is 12.5. The lowest BCUT2D eigenvalue weighted by Gasteiger charge is -2.40. The average molecular weight is 268 g/mol. The first-order chi connectivity index (χ1) is 9.09. The van der Waals surface area contributed by atoms with Crippen LogP contribution in [0, 0.1) is 11.8 Å². The van der Waals surface area contributed by atoms with E-state index in [1.807, 2.05) is 4.90 Å². The number of ether oxygens (including phenoxy) is 1. The molecular formula is C15H28N2O2. The van der Waals surface area contributed by atoms with Crippen LogP contribution in [-0.4, -0.2) is 49.2 Å². The Labute approximate surface area is 116 Å². The van der Waals surface area contributed by atoms with Gasteiger partial charge in [-0.25, -0.2) is 0 Å². The molecule has 0 bridgehead atoms. The zero-order chi connectivity index (χ0) is 13.8. The van der Waals surface area contributed by atoms with Crippen molar-refractivity contribution in [2.24, 2.45) is 11.8 Å². The van der Waals surface area contributed by atoms with Gasteiger partial charge in [-0.05, 0) is 51.6 Å². The van der Waals surface area contributed by atoms with Crippen molar-refractivity contribution in [1.82, 2.24) is 10.2 Å². The number of amides is 1. The number of morpholine rings is 1. The van der Waals surface area contributed by atoms with E-state index in [1.54, 1.807) is 0 Å². The molecule has 2 heterocycles. The molecule has 4 heteroatoms. The molecule has 2 fully saturated rings. The van der Waals surface area contributed by atoms with Gasteiger partial charge in [-0.3, -0.25) is 4.79 Å². The second-order valence-corrected chi connectivity index (χ2v) is 6.32. The first kappa shape index (κ1) is 14.8. The van der Waals surface area contributed by atoms with Crippen LogP contribution in [0.2, 0.25) is 0 Å². The van der Waals surface area contributed by atoms with Gasteiger partial charge in [0.05, 0.1) is 25.3 Å². The van der Waals surface area contributed by atoms with Gasteiger partial charge in [0.1, 0.15) is 0 Å². The highest BCUT2D eigenvalue weighted by molar-refractivity contribution is 5.77. The summed E-state index contributed by atoms with van der Waals surface area (Å²) in [5.41, 5.74) is 0. The molecule has 2 rings (SSSR count). The van der Waals surface area contributed by atoms with Crippen molar-refractivity contribution in [2.75, 3.05) is 26.3 Å². The molecule has 0 aromatic rings. The van der Waals surface area contributed by atoms with Crippen molar-refractivity contribution in [3.63, 3.8) is 0 Å². The van der Waals surface area contributed by atoms with Crippen LogP contribution in [0.3, 0.4) is 0 Å². The summed E-state index contributed by atoms with van der Waals surface area (Å²) in [5, 5.41) is 3.44. The quantitative estimate of drug-likeness (QED) is 0.846. The Balaban J connectivity index is 1.88. The Hall–Kier alpha value is -0.610. The summed E-state index contributed by atoms with van der Waals surface area (Å²) in [6, 6.07) is 0.431. The zero-order valence-corrected chi connectivity index (χ0v) is 12.5. The fourth-order valence-electron chi connectivity index (χ4n) is 3.41. The van der Waals surface area contributed by atoms with Gasteiger partial charge in [-0.15, -0.1) is 0 Å². The first-order valence-corrected chi connectivity index (χ1v) is 7.69. The number of carbonyl (C=O) groups is 1. The Bertz CT molecular complexity index is 293. The van der Waals surface area contributed by atoms with Gasteiger partial charge >= 0.3 is 0 Å². The second-order valence-electron chi connectivity index (χ2n) is 6.32. The third-order valence-electron chi connectivity index (χ3n) is 4.59. The van der Waals surface area contributed by atoms with Crippen molar-refractivity contribution in [3.8, 4) is 0 Å². The molecule has 0 saturated carbocycles. The smallest absolute Gasteiger partial charge is 0.223 e. The topological polar surface area (TPSA) is 41.6 Å². The van der Waals surface area contributed by atoms with Gasteiger partial charge in [0.25, 0.3) is 0 Å². The molecule has 0 radical (unpaired) electrons. The van der Waals surface area contributed by atoms with E-state index in [9.17, 15) is 4.79 Å². The first-order valence-electron chi connectivity index (χ1n) is 7.69. The van der Waals surface area contributed by atoms with E-state index in [0.29, 0.717) is 37.4 Å². The molecule has 2 aliphatic heterocycles. The van der Waals surface area contributed by atoms with Crippen LogP contribution in [0.4, 0.5) is 0 Å². The Morgan fingerprint density at radius 3 is 2.63 bits per heavy atom. The van der Waals surface area contributed by atoms with Gasteiger partial charge in [-0.1, -0.05) is 6.92 Å². The van der Waals surface area contributed by atoms with Gasteiger partial charge in [-0.2, -0.15) is 0 Å². The van der Waals surface area contributed by atoms with Crippen molar-refractivity contribution < 1.29 is 9.53 Å². The minimum Gasteiger partial charge on any atom is -0.377 e. The average Bonchev–Trinajstić information content (AvgIpc) is 2.39. The third kappa shape index (κ3) is 3.69. The van der Waals surface area contributed by atoms with Crippen molar-refractivity contribution in [2.45, 2.75) is 52.1 Å². The minimum absolute atomic E-state index is 0.216. The molecule has 2 aliphatic rings. The van der Waals surface area contributed by atoms with E-state index < -0.39 is 0 Å². The Morgan fingerprint density at radius 1 is 1.37 bits per heavy atom. The second kappa shape index (κ2) is 6.71. The van der Waals surface area contributed by atoms with Gasteiger partial charge < -0.3 is 15.0 Å². The lowest BCUT2D eigenvalue weighted by atomic mass is 9.85. The molecule has 2 saturated heterocycles. The van der Waals surface area contributed by atoms with Crippen LogP contribution in [0.1, 0.15) is 40.0 Å². The molecule has 0 aromatic carbocycles. The molecule has 4 atom stereocenters. The number of piperidine rings is 1. The van der Waals surface area contributed by atoms with Crippen LogP contribution in [0.25, 0.3) is 0 Å². The van der Waals surface area contributed by atoms with E-state index in [0.717, 1.165) is 13.1 Å². The number of hydrogen-bond acceptors (Lipinski definition) is 3. The molecular weight excluding hydrogens is 240 g/mol. The molecule has 1 N–H and O–H groups in total. The number of nitrogens with one attached hydrogen (secondary N) is 1. The van der Waals surface area contributed by atoms with Gasteiger partial charge in [0, 0.05) is 6.42 Å². The summed E-state index contributed by atoms with van der Waals surface area (Å²) < 4.78 is 5.49. The number of nitrogens with zero attached hydrogens (tertiary/aromatic N) is 1. The van der Waals surface area contributed by atoms with Gasteiger partial charge in [0.2, 0.25) is 5.91 Å². The molecule has 4 nitrogen and oxygen atoms in total. The van der Waals surface area contributed by atoms with E-state index in [2.05, 4.69) is 26.1 Å². The summed E-state index contributed by atoms with van der Waals surface area (Å²) in [7, 11) is 0. The van der Waals surface area contributed by atoms with Crippen LogP contribution < -0.4 is 5.32 Å². The largest absolute Gasteiger partial charge is 0.377 e. The third-order valence-corrected chi connectivity index (χ3v) is 4.59. The number of rotatable bonds is 3. The van der Waals surface area contributed by atoms with E-state index in [-0.39, 0.29) is 12.1 Å².